The number of rotatable bonds is 7. The summed E-state index contributed by atoms with van der Waals surface area (Å²) in [5, 5.41) is 6.67. The third kappa shape index (κ3) is 6.96. The van der Waals surface area contributed by atoms with Gasteiger partial charge < -0.3 is 24.2 Å². The summed E-state index contributed by atoms with van der Waals surface area (Å²) in [6, 6.07) is 2.66. The van der Waals surface area contributed by atoms with Gasteiger partial charge >= 0.3 is 12.3 Å². The number of nitrogens with zero attached hydrogens (tertiary/aromatic N) is 8. The van der Waals surface area contributed by atoms with Crippen molar-refractivity contribution in [2.75, 3.05) is 76.4 Å². The van der Waals surface area contributed by atoms with Gasteiger partial charge in [-0.05, 0) is 44.0 Å². The zero-order chi connectivity index (χ0) is 35.8. The number of halogens is 3. The quantitative estimate of drug-likeness (QED) is 0.366. The summed E-state index contributed by atoms with van der Waals surface area (Å²) in [4.78, 5) is 54.0. The molecule has 0 saturated carbocycles. The number of ether oxygens (including phenoxy) is 2. The van der Waals surface area contributed by atoms with Crippen molar-refractivity contribution in [2.24, 2.45) is 5.92 Å². The second-order valence-electron chi connectivity index (χ2n) is 13.1. The van der Waals surface area contributed by atoms with Gasteiger partial charge in [0, 0.05) is 70.3 Å². The van der Waals surface area contributed by atoms with Crippen molar-refractivity contribution in [1.29, 1.82) is 0 Å². The van der Waals surface area contributed by atoms with Gasteiger partial charge in [-0.15, -0.1) is 5.10 Å². The monoisotopic (exact) mass is 699 g/mol. The molecule has 1 unspecified atom stereocenters. The minimum Gasteiger partial charge on any atom is -0.453 e. The Kier molecular flexibility index (Phi) is 9.72. The number of aromatic nitrogens is 4. The Morgan fingerprint density at radius 3 is 2.48 bits per heavy atom. The van der Waals surface area contributed by atoms with E-state index < -0.39 is 23.4 Å². The van der Waals surface area contributed by atoms with Crippen molar-refractivity contribution in [1.82, 2.24) is 34.3 Å². The first-order valence-corrected chi connectivity index (χ1v) is 16.4. The highest BCUT2D eigenvalue weighted by Gasteiger charge is 2.48. The number of morpholine rings is 1. The Bertz CT molecular complexity index is 1780. The van der Waals surface area contributed by atoms with Crippen molar-refractivity contribution < 1.29 is 37.0 Å². The number of carbonyl (C=O) groups excluding carboxylic acids is 3. The lowest BCUT2D eigenvalue weighted by atomic mass is 9.87. The van der Waals surface area contributed by atoms with Crippen LogP contribution in [0.4, 0.5) is 29.6 Å². The lowest BCUT2D eigenvalue weighted by molar-refractivity contribution is -0.141. The van der Waals surface area contributed by atoms with Crippen molar-refractivity contribution >= 4 is 35.1 Å². The summed E-state index contributed by atoms with van der Waals surface area (Å²) in [5.74, 6) is -0.470. The molecule has 14 nitrogen and oxygen atoms in total. The second kappa shape index (κ2) is 13.9. The maximum atomic E-state index is 14.3. The van der Waals surface area contributed by atoms with E-state index in [1.54, 1.807) is 15.6 Å². The average Bonchev–Trinajstić information content (AvgIpc) is 3.66. The van der Waals surface area contributed by atoms with Gasteiger partial charge in [-0.1, -0.05) is 6.58 Å². The summed E-state index contributed by atoms with van der Waals surface area (Å²) in [5.41, 5.74) is -0.502. The molecule has 1 atom stereocenters. The standard InChI is InChI=1S/C33H40F3N9O5/c1-5-27(46)44-7-6-23(32(44,2)3)30(47)43-10-8-41(9-11-43)19-21-16-25-29(42-12-14-50-15-13-42)39-28(40-45(25)20-21)22-18-37-26(38-31(48)49-4)17-24(22)33(34,35)36/h5,16-18,20,23H,1,6-15,19H2,2-4H3,(H,37,38,48). The smallest absolute Gasteiger partial charge is 0.417 e. The number of anilines is 2. The molecule has 1 N–H and O–H groups in total. The Balaban J connectivity index is 1.23. The van der Waals surface area contributed by atoms with Crippen LogP contribution in [0.25, 0.3) is 16.9 Å². The number of amides is 3. The number of pyridine rings is 1. The second-order valence-corrected chi connectivity index (χ2v) is 13.1. The summed E-state index contributed by atoms with van der Waals surface area (Å²) < 4.78 is 54.5. The summed E-state index contributed by atoms with van der Waals surface area (Å²) in [6.45, 7) is 12.7. The van der Waals surface area contributed by atoms with E-state index in [1.165, 1.54) is 6.08 Å². The highest BCUT2D eigenvalue weighted by atomic mass is 19.4. The Morgan fingerprint density at radius 1 is 1.10 bits per heavy atom. The summed E-state index contributed by atoms with van der Waals surface area (Å²) in [6.07, 6.45) is -1.09. The van der Waals surface area contributed by atoms with E-state index in [2.05, 4.69) is 36.6 Å². The molecule has 3 aliphatic heterocycles. The van der Waals surface area contributed by atoms with Crippen LogP contribution in [-0.2, 0) is 31.8 Å². The Morgan fingerprint density at radius 2 is 1.82 bits per heavy atom. The SMILES string of the molecule is C=CC(=O)N1CCC(C(=O)N2CCN(Cc3cc4c(N5CCOCC5)nc(-c5cnc(NC(=O)OC)cc5C(F)(F)F)nn4c3)CC2)C1(C)C. The van der Waals surface area contributed by atoms with Gasteiger partial charge in [0.25, 0.3) is 0 Å². The minimum absolute atomic E-state index is 0.0448. The molecule has 3 aromatic heterocycles. The molecule has 0 bridgehead atoms. The van der Waals surface area contributed by atoms with Crippen LogP contribution < -0.4 is 10.2 Å². The van der Waals surface area contributed by atoms with Gasteiger partial charge in [-0.3, -0.25) is 19.8 Å². The largest absolute Gasteiger partial charge is 0.453 e. The number of hydrogen-bond acceptors (Lipinski definition) is 10. The number of alkyl halides is 3. The third-order valence-electron chi connectivity index (χ3n) is 9.70. The van der Waals surface area contributed by atoms with Crippen LogP contribution in [0.3, 0.4) is 0 Å². The van der Waals surface area contributed by atoms with Crippen LogP contribution in [-0.4, -0.2) is 124 Å². The maximum absolute atomic E-state index is 14.3. The zero-order valence-electron chi connectivity index (χ0n) is 28.2. The van der Waals surface area contributed by atoms with Gasteiger partial charge in [-0.25, -0.2) is 19.3 Å². The number of methoxy groups -OCH3 is 1. The van der Waals surface area contributed by atoms with Crippen LogP contribution in [0.2, 0.25) is 0 Å². The number of fused-ring (bicyclic) bond motifs is 1. The van der Waals surface area contributed by atoms with Crippen LogP contribution in [0, 0.1) is 5.92 Å². The first-order valence-electron chi connectivity index (χ1n) is 16.4. The van der Waals surface area contributed by atoms with Crippen molar-refractivity contribution in [3.63, 3.8) is 0 Å². The minimum atomic E-state index is -4.80. The van der Waals surface area contributed by atoms with Crippen LogP contribution in [0.5, 0.6) is 0 Å². The first kappa shape index (κ1) is 35.1. The fourth-order valence-corrected chi connectivity index (χ4v) is 6.96. The molecule has 3 saturated heterocycles. The molecule has 6 heterocycles. The van der Waals surface area contributed by atoms with Gasteiger partial charge in [0.2, 0.25) is 11.8 Å². The van der Waals surface area contributed by atoms with E-state index in [0.717, 1.165) is 24.9 Å². The maximum Gasteiger partial charge on any atom is 0.417 e. The molecule has 0 radical (unpaired) electrons. The molecule has 0 aromatic carbocycles. The Labute approximate surface area is 286 Å². The van der Waals surface area contributed by atoms with E-state index in [1.807, 2.05) is 29.7 Å². The van der Waals surface area contributed by atoms with Crippen molar-refractivity contribution in [3.8, 4) is 11.4 Å². The molecule has 0 aliphatic carbocycles. The van der Waals surface area contributed by atoms with E-state index in [4.69, 9.17) is 4.74 Å². The lowest BCUT2D eigenvalue weighted by Crippen LogP contribution is -2.54. The summed E-state index contributed by atoms with van der Waals surface area (Å²) in [7, 11) is 1.10. The predicted molar refractivity (Wildman–Crippen MR) is 176 cm³/mol. The molecular formula is C33H40F3N9O5. The van der Waals surface area contributed by atoms with Gasteiger partial charge in [0.05, 0.1) is 37.4 Å². The molecule has 3 aliphatic rings. The normalized spacial score (nSPS) is 19.9. The fraction of sp³-hybridized carbons (Fsp3) is 0.515. The molecule has 0 spiro atoms. The molecule has 50 heavy (non-hydrogen) atoms. The highest BCUT2D eigenvalue weighted by Crippen LogP contribution is 2.39. The van der Waals surface area contributed by atoms with Crippen LogP contribution >= 0.6 is 0 Å². The van der Waals surface area contributed by atoms with E-state index in [0.29, 0.717) is 83.3 Å². The highest BCUT2D eigenvalue weighted by molar-refractivity contribution is 5.90. The Hall–Kier alpha value is -4.77. The zero-order valence-corrected chi connectivity index (χ0v) is 28.2. The number of hydrogen-bond donors (Lipinski definition) is 1. The van der Waals surface area contributed by atoms with Crippen molar-refractivity contribution in [3.05, 3.63) is 48.3 Å². The molecule has 3 aromatic rings. The third-order valence-corrected chi connectivity index (χ3v) is 9.70. The lowest BCUT2D eigenvalue weighted by Gasteiger charge is -2.40. The van der Waals surface area contributed by atoms with Crippen LogP contribution in [0.15, 0.2) is 37.2 Å². The van der Waals surface area contributed by atoms with Crippen LogP contribution in [0.1, 0.15) is 31.4 Å². The molecule has 3 fully saturated rings. The number of likely N-dealkylation sites (tertiary alicyclic amines) is 1. The molecule has 268 valence electrons. The molecule has 17 heteroatoms. The number of nitrogens with one attached hydrogen (secondary N) is 1. The molecule has 3 amide bonds. The van der Waals surface area contributed by atoms with E-state index in [-0.39, 0.29) is 34.9 Å². The summed E-state index contributed by atoms with van der Waals surface area (Å²) >= 11 is 0. The van der Waals surface area contributed by atoms with Gasteiger partial charge in [-0.2, -0.15) is 13.2 Å². The average molecular weight is 700 g/mol. The molecular weight excluding hydrogens is 659 g/mol. The van der Waals surface area contributed by atoms with Gasteiger partial charge in [0.1, 0.15) is 11.3 Å². The fourth-order valence-electron chi connectivity index (χ4n) is 6.96. The molecule has 6 rings (SSSR count). The van der Waals surface area contributed by atoms with Gasteiger partial charge in [0.15, 0.2) is 11.6 Å². The van der Waals surface area contributed by atoms with Crippen molar-refractivity contribution in [2.45, 2.75) is 38.5 Å². The number of carbonyl (C=O) groups is 3. The van der Waals surface area contributed by atoms with E-state index >= 15 is 0 Å². The van der Waals surface area contributed by atoms with E-state index in [9.17, 15) is 27.6 Å². The predicted octanol–water partition coefficient (Wildman–Crippen LogP) is 3.28. The first-order chi connectivity index (χ1) is 23.8. The topological polar surface area (TPSA) is 138 Å². The number of piperazine rings is 1.